The maximum Gasteiger partial charge on any atom is 0.471 e. The Morgan fingerprint density at radius 2 is 2.06 bits per heavy atom. The Labute approximate surface area is 95.6 Å². The molecule has 8 heteroatoms. The molecule has 0 aliphatic rings. The molecule has 0 aliphatic heterocycles. The van der Waals surface area contributed by atoms with Gasteiger partial charge in [0.15, 0.2) is 6.04 Å². The van der Waals surface area contributed by atoms with Crippen LogP contribution in [0.4, 0.5) is 13.2 Å². The summed E-state index contributed by atoms with van der Waals surface area (Å²) in [5, 5.41) is 1.47. The van der Waals surface area contributed by atoms with Crippen molar-refractivity contribution >= 4 is 11.9 Å². The first-order valence-electron chi connectivity index (χ1n) is 4.47. The molecule has 1 atom stereocenters. The van der Waals surface area contributed by atoms with Gasteiger partial charge in [0.1, 0.15) is 0 Å². The number of carbonyl (C=O) groups is 2. The summed E-state index contributed by atoms with van der Waals surface area (Å²) in [5.41, 5.74) is 0. The van der Waals surface area contributed by atoms with Gasteiger partial charge >= 0.3 is 18.1 Å². The zero-order valence-electron chi connectivity index (χ0n) is 9.04. The van der Waals surface area contributed by atoms with E-state index in [1.54, 1.807) is 0 Å². The molecule has 0 heterocycles. The Balaban J connectivity index is 4.43. The fourth-order valence-electron chi connectivity index (χ4n) is 0.820. The molecule has 0 saturated heterocycles. The third-order valence-corrected chi connectivity index (χ3v) is 1.57. The van der Waals surface area contributed by atoms with E-state index in [0.29, 0.717) is 0 Å². The van der Waals surface area contributed by atoms with Crippen molar-refractivity contribution in [3.8, 4) is 0 Å². The van der Waals surface area contributed by atoms with E-state index in [0.717, 1.165) is 7.11 Å². The average Bonchev–Trinajstić information content (AvgIpc) is 2.25. The second kappa shape index (κ2) is 6.89. The zero-order valence-corrected chi connectivity index (χ0v) is 9.04. The number of esters is 1. The van der Waals surface area contributed by atoms with E-state index in [-0.39, 0.29) is 6.61 Å². The smallest absolute Gasteiger partial charge is 0.467 e. The Morgan fingerprint density at radius 3 is 2.47 bits per heavy atom. The summed E-state index contributed by atoms with van der Waals surface area (Å²) in [6.45, 7) is 2.92. The summed E-state index contributed by atoms with van der Waals surface area (Å²) in [4.78, 5) is 21.7. The minimum absolute atomic E-state index is 0.0371. The summed E-state index contributed by atoms with van der Waals surface area (Å²) >= 11 is 0. The molecule has 0 aromatic heterocycles. The molecule has 98 valence electrons. The van der Waals surface area contributed by atoms with E-state index >= 15 is 0 Å². The highest BCUT2D eigenvalue weighted by Crippen LogP contribution is 2.14. The van der Waals surface area contributed by atoms with E-state index < -0.39 is 30.7 Å². The van der Waals surface area contributed by atoms with Gasteiger partial charge in [-0.25, -0.2) is 4.79 Å². The van der Waals surface area contributed by atoms with E-state index in [2.05, 4.69) is 11.3 Å². The van der Waals surface area contributed by atoms with Gasteiger partial charge in [-0.1, -0.05) is 6.08 Å². The second-order valence-corrected chi connectivity index (χ2v) is 2.87. The lowest BCUT2D eigenvalue weighted by atomic mass is 10.3. The van der Waals surface area contributed by atoms with Crippen molar-refractivity contribution in [3.05, 3.63) is 12.7 Å². The number of methoxy groups -OCH3 is 1. The van der Waals surface area contributed by atoms with Crippen LogP contribution in [-0.4, -0.2) is 44.4 Å². The van der Waals surface area contributed by atoms with Crippen LogP contribution in [0.25, 0.3) is 0 Å². The Morgan fingerprint density at radius 1 is 1.47 bits per heavy atom. The molecule has 0 aromatic rings. The molecule has 0 aliphatic carbocycles. The molecular weight excluding hydrogens is 243 g/mol. The van der Waals surface area contributed by atoms with Crippen molar-refractivity contribution in [2.24, 2.45) is 0 Å². The lowest BCUT2D eigenvalue weighted by Gasteiger charge is -2.17. The van der Waals surface area contributed by atoms with Crippen LogP contribution in [0.2, 0.25) is 0 Å². The summed E-state index contributed by atoms with van der Waals surface area (Å²) in [5.74, 6) is -3.25. The maximum absolute atomic E-state index is 11.9. The predicted molar refractivity (Wildman–Crippen MR) is 51.0 cm³/mol. The van der Waals surface area contributed by atoms with Crippen LogP contribution in [0.5, 0.6) is 0 Å². The van der Waals surface area contributed by atoms with E-state index in [4.69, 9.17) is 4.74 Å². The molecule has 0 fully saturated rings. The van der Waals surface area contributed by atoms with Gasteiger partial charge in [0.05, 0.1) is 20.3 Å². The van der Waals surface area contributed by atoms with Gasteiger partial charge in [-0.2, -0.15) is 13.2 Å². The standard InChI is InChI=1S/C9H12F3NO4/c1-3-4-17-5-6(7(14)16-2)13-8(15)9(10,11)12/h3,6H,1,4-5H2,2H3,(H,13,15). The minimum atomic E-state index is -5.06. The summed E-state index contributed by atoms with van der Waals surface area (Å²) < 4.78 is 44.8. The highest BCUT2D eigenvalue weighted by Gasteiger charge is 2.41. The van der Waals surface area contributed by atoms with E-state index in [1.165, 1.54) is 11.4 Å². The molecule has 0 saturated carbocycles. The molecular formula is C9H12F3NO4. The first kappa shape index (κ1) is 15.4. The number of rotatable bonds is 6. The van der Waals surface area contributed by atoms with Crippen molar-refractivity contribution in [2.75, 3.05) is 20.3 Å². The predicted octanol–water partition coefficient (Wildman–Crippen LogP) is 0.409. The van der Waals surface area contributed by atoms with Crippen molar-refractivity contribution < 1.29 is 32.2 Å². The third kappa shape index (κ3) is 5.91. The molecule has 0 aromatic carbocycles. The largest absolute Gasteiger partial charge is 0.471 e. The lowest BCUT2D eigenvalue weighted by Crippen LogP contribution is -2.49. The zero-order chi connectivity index (χ0) is 13.5. The lowest BCUT2D eigenvalue weighted by molar-refractivity contribution is -0.176. The van der Waals surface area contributed by atoms with Crippen LogP contribution in [0, 0.1) is 0 Å². The molecule has 1 N–H and O–H groups in total. The van der Waals surface area contributed by atoms with Crippen LogP contribution in [0.1, 0.15) is 0 Å². The fraction of sp³-hybridized carbons (Fsp3) is 0.556. The molecule has 0 spiro atoms. The van der Waals surface area contributed by atoms with Crippen molar-refractivity contribution in [3.63, 3.8) is 0 Å². The minimum Gasteiger partial charge on any atom is -0.467 e. The highest BCUT2D eigenvalue weighted by atomic mass is 19.4. The van der Waals surface area contributed by atoms with Crippen LogP contribution in [0.15, 0.2) is 12.7 Å². The van der Waals surface area contributed by atoms with Gasteiger partial charge in [0.25, 0.3) is 0 Å². The van der Waals surface area contributed by atoms with Gasteiger partial charge in [-0.05, 0) is 0 Å². The first-order chi connectivity index (χ1) is 7.82. The van der Waals surface area contributed by atoms with E-state index in [9.17, 15) is 22.8 Å². The Kier molecular flexibility index (Phi) is 6.26. The molecule has 1 amide bonds. The van der Waals surface area contributed by atoms with Crippen molar-refractivity contribution in [2.45, 2.75) is 12.2 Å². The number of carbonyl (C=O) groups excluding carboxylic acids is 2. The van der Waals surface area contributed by atoms with Gasteiger partial charge in [0.2, 0.25) is 0 Å². The number of nitrogens with one attached hydrogen (secondary N) is 1. The van der Waals surface area contributed by atoms with Crippen LogP contribution >= 0.6 is 0 Å². The van der Waals surface area contributed by atoms with Crippen LogP contribution < -0.4 is 5.32 Å². The Hall–Kier alpha value is -1.57. The van der Waals surface area contributed by atoms with Gasteiger partial charge in [-0.3, -0.25) is 4.79 Å². The molecule has 0 radical (unpaired) electrons. The summed E-state index contributed by atoms with van der Waals surface area (Å²) in [7, 11) is 0.989. The number of amides is 1. The molecule has 0 rings (SSSR count). The van der Waals surface area contributed by atoms with E-state index in [1.807, 2.05) is 0 Å². The summed E-state index contributed by atoms with van der Waals surface area (Å²) in [6, 6.07) is -1.51. The normalized spacial score (nSPS) is 12.7. The van der Waals surface area contributed by atoms with Crippen LogP contribution in [0.3, 0.4) is 0 Å². The quantitative estimate of drug-likeness (QED) is 0.424. The first-order valence-corrected chi connectivity index (χ1v) is 4.47. The molecule has 17 heavy (non-hydrogen) atoms. The third-order valence-electron chi connectivity index (χ3n) is 1.57. The monoisotopic (exact) mass is 255 g/mol. The number of alkyl halides is 3. The SMILES string of the molecule is C=CCOCC(NC(=O)C(F)(F)F)C(=O)OC. The van der Waals surface area contributed by atoms with Gasteiger partial charge in [0, 0.05) is 0 Å². The molecule has 0 bridgehead atoms. The number of hydrogen-bond donors (Lipinski definition) is 1. The molecule has 5 nitrogen and oxygen atoms in total. The summed E-state index contributed by atoms with van der Waals surface area (Å²) in [6.07, 6.45) is -3.72. The average molecular weight is 255 g/mol. The second-order valence-electron chi connectivity index (χ2n) is 2.87. The van der Waals surface area contributed by atoms with Crippen molar-refractivity contribution in [1.82, 2.24) is 5.32 Å². The highest BCUT2D eigenvalue weighted by molar-refractivity contribution is 5.87. The van der Waals surface area contributed by atoms with Gasteiger partial charge in [-0.15, -0.1) is 6.58 Å². The number of hydrogen-bond acceptors (Lipinski definition) is 4. The topological polar surface area (TPSA) is 64.6 Å². The van der Waals surface area contributed by atoms with Gasteiger partial charge < -0.3 is 14.8 Å². The molecule has 1 unspecified atom stereocenters. The van der Waals surface area contributed by atoms with Crippen LogP contribution in [-0.2, 0) is 19.1 Å². The number of ether oxygens (including phenoxy) is 2. The number of halogens is 3. The maximum atomic E-state index is 11.9. The Bertz CT molecular complexity index is 290. The fourth-order valence-corrected chi connectivity index (χ4v) is 0.820. The van der Waals surface area contributed by atoms with Crippen molar-refractivity contribution in [1.29, 1.82) is 0 Å².